The van der Waals surface area contributed by atoms with Crippen molar-refractivity contribution in [3.63, 3.8) is 0 Å². The first-order valence-electron chi connectivity index (χ1n) is 5.12. The molecule has 1 aliphatic rings. The van der Waals surface area contributed by atoms with Gasteiger partial charge < -0.3 is 10.0 Å². The maximum absolute atomic E-state index is 8.82. The third kappa shape index (κ3) is 1.73. The Kier molecular flexibility index (Phi) is 2.68. The van der Waals surface area contributed by atoms with Gasteiger partial charge in [-0.3, -0.25) is 0 Å². The van der Waals surface area contributed by atoms with E-state index in [-0.39, 0.29) is 6.61 Å². The summed E-state index contributed by atoms with van der Waals surface area (Å²) in [5, 5.41) is 8.82. The molecule has 14 heavy (non-hydrogen) atoms. The van der Waals surface area contributed by atoms with Gasteiger partial charge in [0.1, 0.15) is 5.82 Å². The summed E-state index contributed by atoms with van der Waals surface area (Å²) in [6.45, 7) is 0.820. The molecule has 0 spiro atoms. The Balaban J connectivity index is 2.19. The van der Waals surface area contributed by atoms with Crippen LogP contribution in [0.2, 0.25) is 0 Å². The fourth-order valence-electron chi connectivity index (χ4n) is 1.89. The van der Waals surface area contributed by atoms with Gasteiger partial charge in [0.2, 0.25) is 0 Å². The highest BCUT2D eigenvalue weighted by Crippen LogP contribution is 2.22. The number of hydrogen-bond donors (Lipinski definition) is 1. The normalized spacial score (nSPS) is 14.1. The summed E-state index contributed by atoms with van der Waals surface area (Å²) < 4.78 is 0. The maximum Gasteiger partial charge on any atom is 0.128 e. The van der Waals surface area contributed by atoms with Crippen LogP contribution in [0.4, 0.5) is 5.82 Å². The van der Waals surface area contributed by atoms with E-state index >= 15 is 0 Å². The summed E-state index contributed by atoms with van der Waals surface area (Å²) in [4.78, 5) is 6.57. The van der Waals surface area contributed by atoms with Gasteiger partial charge in [-0.25, -0.2) is 4.98 Å². The second kappa shape index (κ2) is 3.96. The van der Waals surface area contributed by atoms with E-state index in [2.05, 4.69) is 11.1 Å². The average molecular weight is 192 g/mol. The van der Waals surface area contributed by atoms with Crippen LogP contribution in [0, 0.1) is 0 Å². The molecular weight excluding hydrogens is 176 g/mol. The zero-order valence-corrected chi connectivity index (χ0v) is 8.53. The molecule has 1 aromatic rings. The van der Waals surface area contributed by atoms with Gasteiger partial charge in [-0.15, -0.1) is 0 Å². The monoisotopic (exact) mass is 192 g/mol. The zero-order chi connectivity index (χ0) is 9.97. The van der Waals surface area contributed by atoms with E-state index < -0.39 is 0 Å². The average Bonchev–Trinajstić information content (AvgIpc) is 2.64. The van der Waals surface area contributed by atoms with Gasteiger partial charge in [-0.05, 0) is 30.9 Å². The molecule has 1 N–H and O–H groups in total. The van der Waals surface area contributed by atoms with Gasteiger partial charge in [0.15, 0.2) is 0 Å². The molecule has 1 heterocycles. The summed E-state index contributed by atoms with van der Waals surface area (Å²) in [5.41, 5.74) is 2.64. The van der Waals surface area contributed by atoms with Crippen LogP contribution in [0.1, 0.15) is 17.7 Å². The SMILES string of the molecule is CN(CCO)c1ccc2c(n1)CCC2. The van der Waals surface area contributed by atoms with E-state index in [9.17, 15) is 0 Å². The number of aromatic nitrogens is 1. The Morgan fingerprint density at radius 1 is 1.43 bits per heavy atom. The highest BCUT2D eigenvalue weighted by Gasteiger charge is 2.13. The maximum atomic E-state index is 8.82. The second-order valence-electron chi connectivity index (χ2n) is 3.77. The summed E-state index contributed by atoms with van der Waals surface area (Å²) in [6, 6.07) is 4.21. The number of fused-ring (bicyclic) bond motifs is 1. The van der Waals surface area contributed by atoms with Gasteiger partial charge in [-0.2, -0.15) is 0 Å². The van der Waals surface area contributed by atoms with Crippen LogP contribution in [-0.2, 0) is 12.8 Å². The smallest absolute Gasteiger partial charge is 0.128 e. The lowest BCUT2D eigenvalue weighted by Gasteiger charge is -2.17. The van der Waals surface area contributed by atoms with Crippen LogP contribution in [0.3, 0.4) is 0 Å². The molecule has 0 bridgehead atoms. The number of aliphatic hydroxyl groups is 1. The molecule has 0 saturated heterocycles. The summed E-state index contributed by atoms with van der Waals surface area (Å²) in [7, 11) is 1.96. The first-order valence-corrected chi connectivity index (χ1v) is 5.12. The van der Waals surface area contributed by atoms with Crippen LogP contribution in [0.25, 0.3) is 0 Å². The fraction of sp³-hybridized carbons (Fsp3) is 0.545. The number of likely N-dealkylation sites (N-methyl/N-ethyl adjacent to an activating group) is 1. The molecule has 1 aromatic heterocycles. The van der Waals surface area contributed by atoms with Gasteiger partial charge >= 0.3 is 0 Å². The lowest BCUT2D eigenvalue weighted by molar-refractivity contribution is 0.304. The second-order valence-corrected chi connectivity index (χ2v) is 3.77. The van der Waals surface area contributed by atoms with Crippen molar-refractivity contribution in [2.24, 2.45) is 0 Å². The minimum Gasteiger partial charge on any atom is -0.395 e. The van der Waals surface area contributed by atoms with Gasteiger partial charge in [0.25, 0.3) is 0 Å². The van der Waals surface area contributed by atoms with Crippen LogP contribution in [0.5, 0.6) is 0 Å². The number of hydrogen-bond acceptors (Lipinski definition) is 3. The van der Waals surface area contributed by atoms with Crippen molar-refractivity contribution >= 4 is 5.82 Å². The van der Waals surface area contributed by atoms with E-state index in [1.807, 2.05) is 18.0 Å². The Morgan fingerprint density at radius 3 is 3.07 bits per heavy atom. The van der Waals surface area contributed by atoms with Crippen molar-refractivity contribution < 1.29 is 5.11 Å². The van der Waals surface area contributed by atoms with Gasteiger partial charge in [0.05, 0.1) is 6.61 Å². The minimum atomic E-state index is 0.176. The first kappa shape index (κ1) is 9.46. The molecule has 0 atom stereocenters. The van der Waals surface area contributed by atoms with Crippen molar-refractivity contribution in [1.29, 1.82) is 0 Å². The zero-order valence-electron chi connectivity index (χ0n) is 8.53. The van der Waals surface area contributed by atoms with E-state index in [4.69, 9.17) is 5.11 Å². The predicted molar refractivity (Wildman–Crippen MR) is 56.6 cm³/mol. The van der Waals surface area contributed by atoms with Crippen LogP contribution < -0.4 is 4.90 Å². The summed E-state index contributed by atoms with van der Waals surface area (Å²) in [5.74, 6) is 0.972. The standard InChI is InChI=1S/C11H16N2O/c1-13(7-8-14)11-6-5-9-3-2-4-10(9)12-11/h5-6,14H,2-4,7-8H2,1H3. The molecule has 3 heteroatoms. The number of aliphatic hydroxyl groups excluding tert-OH is 1. The van der Waals surface area contributed by atoms with Crippen LogP contribution in [-0.4, -0.2) is 30.3 Å². The Bertz CT molecular complexity index is 325. The number of nitrogens with zero attached hydrogens (tertiary/aromatic N) is 2. The number of pyridine rings is 1. The third-order valence-corrected chi connectivity index (χ3v) is 2.74. The quantitative estimate of drug-likeness (QED) is 0.776. The summed E-state index contributed by atoms with van der Waals surface area (Å²) >= 11 is 0. The highest BCUT2D eigenvalue weighted by molar-refractivity contribution is 5.42. The topological polar surface area (TPSA) is 36.4 Å². The fourth-order valence-corrected chi connectivity index (χ4v) is 1.89. The van der Waals surface area contributed by atoms with E-state index in [0.717, 1.165) is 12.2 Å². The number of aryl methyl sites for hydroxylation is 2. The molecule has 76 valence electrons. The molecule has 0 unspecified atom stereocenters. The molecule has 0 fully saturated rings. The van der Waals surface area contributed by atoms with E-state index in [1.165, 1.54) is 24.1 Å². The van der Waals surface area contributed by atoms with E-state index in [0.29, 0.717) is 6.54 Å². The first-order chi connectivity index (χ1) is 6.81. The number of rotatable bonds is 3. The Labute approximate surface area is 84.4 Å². The molecule has 1 aliphatic carbocycles. The lowest BCUT2D eigenvalue weighted by atomic mass is 10.2. The Hall–Kier alpha value is -1.09. The van der Waals surface area contributed by atoms with Crippen molar-refractivity contribution in [1.82, 2.24) is 4.98 Å². The van der Waals surface area contributed by atoms with E-state index in [1.54, 1.807) is 0 Å². The molecule has 2 rings (SSSR count). The molecule has 0 radical (unpaired) electrons. The third-order valence-electron chi connectivity index (χ3n) is 2.74. The van der Waals surface area contributed by atoms with Crippen LogP contribution >= 0.6 is 0 Å². The largest absolute Gasteiger partial charge is 0.395 e. The highest BCUT2D eigenvalue weighted by atomic mass is 16.3. The van der Waals surface area contributed by atoms with Crippen molar-refractivity contribution in [3.8, 4) is 0 Å². The molecule has 0 aromatic carbocycles. The summed E-state index contributed by atoms with van der Waals surface area (Å²) in [6.07, 6.45) is 3.51. The van der Waals surface area contributed by atoms with Crippen LogP contribution in [0.15, 0.2) is 12.1 Å². The van der Waals surface area contributed by atoms with Gasteiger partial charge in [0, 0.05) is 19.3 Å². The molecular formula is C11H16N2O. The Morgan fingerprint density at radius 2 is 2.29 bits per heavy atom. The van der Waals surface area contributed by atoms with Crippen molar-refractivity contribution in [2.75, 3.05) is 25.1 Å². The molecule has 3 nitrogen and oxygen atoms in total. The minimum absolute atomic E-state index is 0.176. The van der Waals surface area contributed by atoms with Gasteiger partial charge in [-0.1, -0.05) is 6.07 Å². The molecule has 0 amide bonds. The number of anilines is 1. The lowest BCUT2D eigenvalue weighted by Crippen LogP contribution is -2.22. The predicted octanol–water partition coefficient (Wildman–Crippen LogP) is 0.999. The molecule has 0 aliphatic heterocycles. The van der Waals surface area contributed by atoms with Crippen molar-refractivity contribution in [3.05, 3.63) is 23.4 Å². The van der Waals surface area contributed by atoms with Crippen molar-refractivity contribution in [2.45, 2.75) is 19.3 Å². The molecule has 0 saturated carbocycles.